The van der Waals surface area contributed by atoms with Crippen LogP contribution in [0.4, 0.5) is 5.82 Å². The molecule has 2 rings (SSSR count). The van der Waals surface area contributed by atoms with E-state index in [0.29, 0.717) is 11.9 Å². The van der Waals surface area contributed by atoms with Crippen molar-refractivity contribution in [3.05, 3.63) is 12.4 Å². The molecule has 1 aromatic heterocycles. The highest BCUT2D eigenvalue weighted by Gasteiger charge is 2.21. The number of ether oxygens (including phenoxy) is 1. The lowest BCUT2D eigenvalue weighted by Crippen LogP contribution is -2.03. The van der Waals surface area contributed by atoms with Crippen molar-refractivity contribution in [1.29, 1.82) is 0 Å². The molecule has 0 amide bonds. The summed E-state index contributed by atoms with van der Waals surface area (Å²) in [5, 5.41) is 3.26. The predicted molar refractivity (Wildman–Crippen MR) is 45.2 cm³/mol. The van der Waals surface area contributed by atoms with E-state index in [1.165, 1.54) is 19.2 Å². The summed E-state index contributed by atoms with van der Waals surface area (Å²) in [6, 6.07) is 2.42. The monoisotopic (exact) mass is 165 g/mol. The van der Waals surface area contributed by atoms with Crippen LogP contribution >= 0.6 is 0 Å². The lowest BCUT2D eigenvalue weighted by Gasteiger charge is -2.03. The highest BCUT2D eigenvalue weighted by Crippen LogP contribution is 2.24. The Labute approximate surface area is 71.0 Å². The van der Waals surface area contributed by atoms with Crippen LogP contribution in [0.1, 0.15) is 12.8 Å². The Morgan fingerprint density at radius 2 is 2.33 bits per heavy atom. The minimum absolute atomic E-state index is 0.605. The number of nitrogens with one attached hydrogen (secondary N) is 1. The van der Waals surface area contributed by atoms with Gasteiger partial charge in [-0.3, -0.25) is 0 Å². The first kappa shape index (κ1) is 7.34. The van der Waals surface area contributed by atoms with Crippen molar-refractivity contribution in [2.24, 2.45) is 0 Å². The Bertz CT molecular complexity index is 273. The van der Waals surface area contributed by atoms with Crippen LogP contribution in [0.2, 0.25) is 0 Å². The summed E-state index contributed by atoms with van der Waals surface area (Å²) in [7, 11) is 1.60. The number of rotatable bonds is 3. The van der Waals surface area contributed by atoms with E-state index in [1.54, 1.807) is 13.2 Å². The minimum atomic E-state index is 0.605. The molecule has 0 radical (unpaired) electrons. The van der Waals surface area contributed by atoms with E-state index in [1.807, 2.05) is 0 Å². The number of anilines is 1. The maximum Gasteiger partial charge on any atom is 0.218 e. The molecule has 4 heteroatoms. The van der Waals surface area contributed by atoms with Gasteiger partial charge in [0.05, 0.1) is 7.11 Å². The summed E-state index contributed by atoms with van der Waals surface area (Å²) in [6.07, 6.45) is 3.99. The molecule has 0 atom stereocenters. The van der Waals surface area contributed by atoms with Gasteiger partial charge >= 0.3 is 0 Å². The van der Waals surface area contributed by atoms with Crippen LogP contribution < -0.4 is 10.1 Å². The zero-order chi connectivity index (χ0) is 8.39. The van der Waals surface area contributed by atoms with Crippen LogP contribution in [0.5, 0.6) is 5.88 Å². The van der Waals surface area contributed by atoms with Crippen molar-refractivity contribution in [3.63, 3.8) is 0 Å². The first-order chi connectivity index (χ1) is 5.88. The zero-order valence-corrected chi connectivity index (χ0v) is 6.95. The standard InChI is InChI=1S/C8H11N3O/c1-12-8-4-7(9-5-10-8)11-6-2-3-6/h4-6H,2-3H2,1H3,(H,9,10,11). The summed E-state index contributed by atoms with van der Waals surface area (Å²) in [6.45, 7) is 0. The fraction of sp³-hybridized carbons (Fsp3) is 0.500. The molecule has 0 saturated heterocycles. The molecule has 4 nitrogen and oxygen atoms in total. The van der Waals surface area contributed by atoms with Crippen molar-refractivity contribution in [3.8, 4) is 5.88 Å². The molecular formula is C8H11N3O. The van der Waals surface area contributed by atoms with E-state index in [2.05, 4.69) is 15.3 Å². The first-order valence-corrected chi connectivity index (χ1v) is 4.01. The summed E-state index contributed by atoms with van der Waals surface area (Å²) >= 11 is 0. The molecular weight excluding hydrogens is 154 g/mol. The largest absolute Gasteiger partial charge is 0.481 e. The second-order valence-electron chi connectivity index (χ2n) is 2.86. The number of aromatic nitrogens is 2. The van der Waals surface area contributed by atoms with E-state index in [4.69, 9.17) is 4.74 Å². The van der Waals surface area contributed by atoms with Gasteiger partial charge in [0, 0.05) is 12.1 Å². The molecule has 1 aromatic rings. The normalized spacial score (nSPS) is 15.8. The molecule has 0 aliphatic heterocycles. The molecule has 1 N–H and O–H groups in total. The topological polar surface area (TPSA) is 47.0 Å². The minimum Gasteiger partial charge on any atom is -0.481 e. The van der Waals surface area contributed by atoms with Crippen LogP contribution in [0.15, 0.2) is 12.4 Å². The van der Waals surface area contributed by atoms with Crippen molar-refractivity contribution in [2.75, 3.05) is 12.4 Å². The smallest absolute Gasteiger partial charge is 0.218 e. The van der Waals surface area contributed by atoms with Gasteiger partial charge in [0.1, 0.15) is 12.1 Å². The molecule has 12 heavy (non-hydrogen) atoms. The maximum atomic E-state index is 4.97. The van der Waals surface area contributed by atoms with E-state index < -0.39 is 0 Å². The molecule has 1 heterocycles. The Morgan fingerprint density at radius 1 is 1.50 bits per heavy atom. The average molecular weight is 165 g/mol. The number of nitrogens with zero attached hydrogens (tertiary/aromatic N) is 2. The molecule has 1 aliphatic rings. The summed E-state index contributed by atoms with van der Waals surface area (Å²) in [5.74, 6) is 1.46. The lowest BCUT2D eigenvalue weighted by atomic mass is 10.5. The Morgan fingerprint density at radius 3 is 3.00 bits per heavy atom. The Kier molecular flexibility index (Phi) is 1.81. The average Bonchev–Trinajstić information content (AvgIpc) is 2.89. The van der Waals surface area contributed by atoms with Gasteiger partial charge in [0.15, 0.2) is 0 Å². The van der Waals surface area contributed by atoms with Crippen LogP contribution in [0.3, 0.4) is 0 Å². The van der Waals surface area contributed by atoms with Crippen molar-refractivity contribution in [2.45, 2.75) is 18.9 Å². The van der Waals surface area contributed by atoms with E-state index in [0.717, 1.165) is 5.82 Å². The van der Waals surface area contributed by atoms with Gasteiger partial charge in [0.25, 0.3) is 0 Å². The number of methoxy groups -OCH3 is 1. The quantitative estimate of drug-likeness (QED) is 0.727. The van der Waals surface area contributed by atoms with Crippen molar-refractivity contribution < 1.29 is 4.74 Å². The van der Waals surface area contributed by atoms with E-state index in [9.17, 15) is 0 Å². The van der Waals surface area contributed by atoms with E-state index in [-0.39, 0.29) is 0 Å². The highest BCUT2D eigenvalue weighted by atomic mass is 16.5. The zero-order valence-electron chi connectivity index (χ0n) is 6.95. The van der Waals surface area contributed by atoms with Crippen LogP contribution in [-0.2, 0) is 0 Å². The van der Waals surface area contributed by atoms with Gasteiger partial charge in [-0.05, 0) is 12.8 Å². The van der Waals surface area contributed by atoms with Gasteiger partial charge in [-0.15, -0.1) is 0 Å². The van der Waals surface area contributed by atoms with Gasteiger partial charge in [-0.1, -0.05) is 0 Å². The first-order valence-electron chi connectivity index (χ1n) is 4.01. The second kappa shape index (κ2) is 2.97. The van der Waals surface area contributed by atoms with Crippen LogP contribution in [0, 0.1) is 0 Å². The van der Waals surface area contributed by atoms with Crippen LogP contribution in [-0.4, -0.2) is 23.1 Å². The molecule has 1 aliphatic carbocycles. The Balaban J connectivity index is 2.08. The third kappa shape index (κ3) is 1.64. The third-order valence-electron chi connectivity index (χ3n) is 1.78. The number of hydrogen-bond donors (Lipinski definition) is 1. The highest BCUT2D eigenvalue weighted by molar-refractivity contribution is 5.39. The van der Waals surface area contributed by atoms with Crippen molar-refractivity contribution in [1.82, 2.24) is 9.97 Å². The van der Waals surface area contributed by atoms with Gasteiger partial charge in [-0.2, -0.15) is 0 Å². The molecule has 64 valence electrons. The SMILES string of the molecule is COc1cc(NC2CC2)ncn1. The van der Waals surface area contributed by atoms with Gasteiger partial charge in [0.2, 0.25) is 5.88 Å². The lowest BCUT2D eigenvalue weighted by molar-refractivity contribution is 0.397. The summed E-state index contributed by atoms with van der Waals surface area (Å²) in [4.78, 5) is 7.98. The van der Waals surface area contributed by atoms with Gasteiger partial charge < -0.3 is 10.1 Å². The molecule has 0 unspecified atom stereocenters. The fourth-order valence-corrected chi connectivity index (χ4v) is 0.967. The van der Waals surface area contributed by atoms with Crippen LogP contribution in [0.25, 0.3) is 0 Å². The predicted octanol–water partition coefficient (Wildman–Crippen LogP) is 1.06. The molecule has 0 spiro atoms. The van der Waals surface area contributed by atoms with E-state index >= 15 is 0 Å². The summed E-state index contributed by atoms with van der Waals surface area (Å²) in [5.41, 5.74) is 0. The maximum absolute atomic E-state index is 4.97. The van der Waals surface area contributed by atoms with Crippen molar-refractivity contribution >= 4 is 5.82 Å². The summed E-state index contributed by atoms with van der Waals surface area (Å²) < 4.78 is 4.97. The molecule has 1 saturated carbocycles. The Hall–Kier alpha value is -1.32. The molecule has 0 bridgehead atoms. The number of hydrogen-bond acceptors (Lipinski definition) is 4. The second-order valence-corrected chi connectivity index (χ2v) is 2.86. The molecule has 0 aromatic carbocycles. The fourth-order valence-electron chi connectivity index (χ4n) is 0.967. The van der Waals surface area contributed by atoms with Gasteiger partial charge in [-0.25, -0.2) is 9.97 Å². The molecule has 1 fully saturated rings. The third-order valence-corrected chi connectivity index (χ3v) is 1.78.